The second kappa shape index (κ2) is 8.14. The van der Waals surface area contributed by atoms with Gasteiger partial charge >= 0.3 is 0 Å². The Morgan fingerprint density at radius 1 is 1.14 bits per heavy atom. The minimum absolute atomic E-state index is 0.110. The van der Waals surface area contributed by atoms with Gasteiger partial charge in [-0.3, -0.25) is 4.79 Å². The van der Waals surface area contributed by atoms with E-state index in [-0.39, 0.29) is 35.3 Å². The molecular formula is C29H28F2N4O2. The molecule has 0 atom stereocenters. The molecule has 0 spiro atoms. The Labute approximate surface area is 213 Å². The summed E-state index contributed by atoms with van der Waals surface area (Å²) in [6, 6.07) is 13.7. The lowest BCUT2D eigenvalue weighted by Crippen LogP contribution is -2.42. The number of hydrogen-bond donors (Lipinski definition) is 0. The van der Waals surface area contributed by atoms with Crippen LogP contribution in [0.1, 0.15) is 61.1 Å². The molecule has 37 heavy (non-hydrogen) atoms. The third kappa shape index (κ3) is 3.79. The maximum Gasteiger partial charge on any atom is 0.270 e. The van der Waals surface area contributed by atoms with Crippen molar-refractivity contribution in [3.63, 3.8) is 0 Å². The molecule has 4 aromatic rings. The third-order valence-electron chi connectivity index (χ3n) is 8.31. The van der Waals surface area contributed by atoms with Crippen LogP contribution in [0.15, 0.2) is 45.6 Å². The molecule has 3 heterocycles. The van der Waals surface area contributed by atoms with Crippen LogP contribution in [0, 0.1) is 18.3 Å². The van der Waals surface area contributed by atoms with Crippen LogP contribution in [0.5, 0.6) is 0 Å². The normalized spacial score (nSPS) is 19.2. The first kappa shape index (κ1) is 23.7. The Morgan fingerprint density at radius 3 is 2.54 bits per heavy atom. The molecule has 190 valence electrons. The highest BCUT2D eigenvalue weighted by Gasteiger charge is 2.46. The molecule has 2 aliphatic rings. The van der Waals surface area contributed by atoms with Crippen molar-refractivity contribution < 1.29 is 13.2 Å². The number of pyridine rings is 1. The summed E-state index contributed by atoms with van der Waals surface area (Å²) in [4.78, 5) is 20.1. The zero-order chi connectivity index (χ0) is 26.1. The Hall–Kier alpha value is -3.73. The van der Waals surface area contributed by atoms with E-state index in [0.29, 0.717) is 30.2 Å². The first-order valence-corrected chi connectivity index (χ1v) is 12.7. The summed E-state index contributed by atoms with van der Waals surface area (Å²) in [5, 5.41) is 10.7. The summed E-state index contributed by atoms with van der Waals surface area (Å²) >= 11 is 0. The van der Waals surface area contributed by atoms with Crippen LogP contribution in [-0.4, -0.2) is 28.6 Å². The average Bonchev–Trinajstić information content (AvgIpc) is 3.29. The maximum atomic E-state index is 13.5. The van der Waals surface area contributed by atoms with Crippen molar-refractivity contribution in [1.29, 1.82) is 5.26 Å². The van der Waals surface area contributed by atoms with Gasteiger partial charge in [-0.2, -0.15) is 5.26 Å². The molecule has 8 heteroatoms. The van der Waals surface area contributed by atoms with Gasteiger partial charge in [0.2, 0.25) is 11.8 Å². The number of alkyl halides is 2. The van der Waals surface area contributed by atoms with Crippen LogP contribution in [0.2, 0.25) is 0 Å². The number of nitriles is 1. The fourth-order valence-electron chi connectivity index (χ4n) is 5.85. The molecule has 6 rings (SSSR count). The van der Waals surface area contributed by atoms with Gasteiger partial charge < -0.3 is 13.9 Å². The largest absolute Gasteiger partial charge is 0.440 e. The number of rotatable bonds is 3. The van der Waals surface area contributed by atoms with Crippen LogP contribution in [0.4, 0.5) is 14.5 Å². The van der Waals surface area contributed by atoms with E-state index in [1.54, 1.807) is 7.05 Å². The number of halogens is 2. The van der Waals surface area contributed by atoms with Crippen molar-refractivity contribution in [2.75, 3.05) is 18.0 Å². The molecule has 0 bridgehead atoms. The van der Waals surface area contributed by atoms with Crippen LogP contribution < -0.4 is 10.5 Å². The quantitative estimate of drug-likeness (QED) is 0.347. The highest BCUT2D eigenvalue weighted by molar-refractivity contribution is 5.95. The van der Waals surface area contributed by atoms with Crippen LogP contribution in [0.3, 0.4) is 0 Å². The van der Waals surface area contributed by atoms with Crippen molar-refractivity contribution in [2.45, 2.75) is 56.8 Å². The minimum atomic E-state index is -2.62. The van der Waals surface area contributed by atoms with E-state index in [2.05, 4.69) is 17.9 Å². The zero-order valence-corrected chi connectivity index (χ0v) is 21.1. The number of hydrogen-bond acceptors (Lipinski definition) is 5. The number of anilines is 1. The predicted molar refractivity (Wildman–Crippen MR) is 138 cm³/mol. The molecule has 1 aliphatic carbocycles. The predicted octanol–water partition coefficient (Wildman–Crippen LogP) is 5.93. The number of oxazole rings is 1. The average molecular weight is 503 g/mol. The van der Waals surface area contributed by atoms with Crippen molar-refractivity contribution in [3.8, 4) is 6.07 Å². The van der Waals surface area contributed by atoms with Crippen molar-refractivity contribution in [3.05, 3.63) is 69.3 Å². The van der Waals surface area contributed by atoms with Crippen LogP contribution in [-0.2, 0) is 12.5 Å². The Balaban J connectivity index is 1.35. The van der Waals surface area contributed by atoms with Gasteiger partial charge in [-0.05, 0) is 55.0 Å². The molecule has 0 unspecified atom stereocenters. The molecule has 6 nitrogen and oxygen atoms in total. The van der Waals surface area contributed by atoms with Gasteiger partial charge in [0.1, 0.15) is 17.1 Å². The van der Waals surface area contributed by atoms with E-state index in [9.17, 15) is 18.8 Å². The minimum Gasteiger partial charge on any atom is -0.440 e. The lowest BCUT2D eigenvalue weighted by molar-refractivity contribution is -0.0867. The van der Waals surface area contributed by atoms with Crippen molar-refractivity contribution in [2.24, 2.45) is 7.05 Å². The molecule has 0 amide bonds. The second-order valence-corrected chi connectivity index (χ2v) is 11.0. The summed E-state index contributed by atoms with van der Waals surface area (Å²) < 4.78 is 34.6. The van der Waals surface area contributed by atoms with Crippen molar-refractivity contribution in [1.82, 2.24) is 9.55 Å². The monoisotopic (exact) mass is 502 g/mol. The molecule has 2 aromatic heterocycles. The summed E-state index contributed by atoms with van der Waals surface area (Å²) in [5.74, 6) is -2.12. The Bertz CT molecular complexity index is 1650. The van der Waals surface area contributed by atoms with E-state index in [1.807, 2.05) is 43.3 Å². The van der Waals surface area contributed by atoms with E-state index in [4.69, 9.17) is 9.40 Å². The molecule has 2 fully saturated rings. The number of benzene rings is 2. The van der Waals surface area contributed by atoms with E-state index in [1.165, 1.54) is 4.57 Å². The van der Waals surface area contributed by atoms with Gasteiger partial charge in [-0.25, -0.2) is 13.8 Å². The standard InChI is InChI=1S/C29H28F2N4O2/c1-17-4-7-24-22(12-17)33-27(37-24)28(2)8-10-35(11-9-28)25-20-6-5-18(19-14-29(30,31)15-19)13-23(20)34(3)26(36)21(25)16-32/h4-7,12-13,19H,8-11,14-15H2,1-3H3. The van der Waals surface area contributed by atoms with Gasteiger partial charge in [0, 0.05) is 43.8 Å². The second-order valence-electron chi connectivity index (χ2n) is 11.0. The number of aryl methyl sites for hydroxylation is 2. The summed E-state index contributed by atoms with van der Waals surface area (Å²) in [7, 11) is 1.64. The molecule has 1 saturated carbocycles. The topological polar surface area (TPSA) is 75.1 Å². The molecule has 0 radical (unpaired) electrons. The molecule has 1 saturated heterocycles. The zero-order valence-electron chi connectivity index (χ0n) is 21.1. The van der Waals surface area contributed by atoms with Crippen LogP contribution >= 0.6 is 0 Å². The molecular weight excluding hydrogens is 474 g/mol. The smallest absolute Gasteiger partial charge is 0.270 e. The summed E-state index contributed by atoms with van der Waals surface area (Å²) in [6.07, 6.45) is 1.15. The van der Waals surface area contributed by atoms with Gasteiger partial charge in [0.15, 0.2) is 5.58 Å². The SMILES string of the molecule is Cc1ccc2oc(C3(C)CCN(c4c(C#N)c(=O)n(C)c5cc(C6CC(F)(F)C6)ccc45)CC3)nc2c1. The number of nitrogens with zero attached hydrogens (tertiary/aromatic N) is 4. The number of aromatic nitrogens is 2. The Morgan fingerprint density at radius 2 is 1.86 bits per heavy atom. The van der Waals surface area contributed by atoms with E-state index < -0.39 is 5.92 Å². The maximum absolute atomic E-state index is 13.5. The van der Waals surface area contributed by atoms with E-state index >= 15 is 0 Å². The van der Waals surface area contributed by atoms with Gasteiger partial charge in [-0.1, -0.05) is 25.1 Å². The fraction of sp³-hybridized carbons (Fsp3) is 0.414. The lowest BCUT2D eigenvalue weighted by Gasteiger charge is -2.39. The summed E-state index contributed by atoms with van der Waals surface area (Å²) in [6.45, 7) is 5.43. The molecule has 0 N–H and O–H groups in total. The molecule has 1 aliphatic heterocycles. The number of fused-ring (bicyclic) bond motifs is 2. The molecule has 2 aromatic carbocycles. The van der Waals surface area contributed by atoms with Crippen molar-refractivity contribution >= 4 is 27.7 Å². The van der Waals surface area contributed by atoms with Crippen LogP contribution in [0.25, 0.3) is 22.0 Å². The highest BCUT2D eigenvalue weighted by atomic mass is 19.3. The Kier molecular flexibility index (Phi) is 5.20. The van der Waals surface area contributed by atoms with Gasteiger partial charge in [0.25, 0.3) is 5.56 Å². The lowest BCUT2D eigenvalue weighted by atomic mass is 9.76. The summed E-state index contributed by atoms with van der Waals surface area (Å²) in [5.41, 5.74) is 4.31. The van der Waals surface area contributed by atoms with Gasteiger partial charge in [0.05, 0.1) is 11.2 Å². The highest BCUT2D eigenvalue weighted by Crippen LogP contribution is 2.49. The first-order valence-electron chi connectivity index (χ1n) is 12.7. The van der Waals surface area contributed by atoms with Gasteiger partial charge in [-0.15, -0.1) is 0 Å². The number of piperidine rings is 1. The fourth-order valence-corrected chi connectivity index (χ4v) is 5.85. The third-order valence-corrected chi connectivity index (χ3v) is 8.31. The first-order chi connectivity index (χ1) is 17.6. The van der Waals surface area contributed by atoms with E-state index in [0.717, 1.165) is 40.5 Å².